The maximum absolute atomic E-state index is 12.5. The largest absolute Gasteiger partial charge is 0.388 e. The van der Waals surface area contributed by atoms with Gasteiger partial charge in [0.25, 0.3) is 0 Å². The lowest BCUT2D eigenvalue weighted by molar-refractivity contribution is -0.132. The molecule has 0 aliphatic heterocycles. The first-order valence-corrected chi connectivity index (χ1v) is 18.2. The van der Waals surface area contributed by atoms with Gasteiger partial charge in [-0.25, -0.2) is 0 Å². The lowest BCUT2D eigenvalue weighted by atomic mass is 9.47. The van der Waals surface area contributed by atoms with Gasteiger partial charge in [0.2, 0.25) is 5.91 Å². The first-order valence-electron chi connectivity index (χ1n) is 15.6. The summed E-state index contributed by atoms with van der Waals surface area (Å²) in [4.78, 5) is 35.5. The molecule has 3 saturated carbocycles. The molecule has 1 amide bonds. The Bertz CT molecular complexity index is 960. The quantitative estimate of drug-likeness (QED) is 0.0810. The molecule has 8 nitrogen and oxygen atoms in total. The summed E-state index contributed by atoms with van der Waals surface area (Å²) >= 11 is 4.33. The highest BCUT2D eigenvalue weighted by molar-refractivity contribution is 8.06. The van der Waals surface area contributed by atoms with E-state index in [1.54, 1.807) is 5.57 Å². The molecule has 230 valence electrons. The molecule has 0 aromatic rings. The van der Waals surface area contributed by atoms with E-state index in [0.29, 0.717) is 16.7 Å². The Labute approximate surface area is 246 Å². The van der Waals surface area contributed by atoms with E-state index >= 15 is 0 Å². The van der Waals surface area contributed by atoms with Crippen molar-refractivity contribution in [1.82, 2.24) is 11.0 Å². The molecule has 0 spiro atoms. The minimum atomic E-state index is -3.81. The van der Waals surface area contributed by atoms with Crippen LogP contribution in [0.1, 0.15) is 105 Å². The van der Waals surface area contributed by atoms with Gasteiger partial charge in [0.15, 0.2) is 0 Å². The van der Waals surface area contributed by atoms with Gasteiger partial charge < -0.3 is 19.4 Å². The zero-order valence-corrected chi connectivity index (χ0v) is 26.7. The molecule has 4 aliphatic carbocycles. The lowest BCUT2D eigenvalue weighted by Crippen LogP contribution is -2.50. The molecule has 5 unspecified atom stereocenters. The van der Waals surface area contributed by atoms with Gasteiger partial charge in [-0.05, 0) is 110 Å². The fourth-order valence-corrected chi connectivity index (χ4v) is 9.88. The van der Waals surface area contributed by atoms with E-state index in [2.05, 4.69) is 54.2 Å². The molecule has 0 saturated heterocycles. The van der Waals surface area contributed by atoms with Crippen LogP contribution in [0.4, 0.5) is 0 Å². The molecule has 0 aromatic heterocycles. The number of nitrogens with one attached hydrogen (secondary N) is 2. The lowest BCUT2D eigenvalue weighted by Gasteiger charge is -2.58. The van der Waals surface area contributed by atoms with Crippen molar-refractivity contribution in [2.75, 3.05) is 13.2 Å². The molecule has 4 rings (SSSR count). The predicted octanol–water partition coefficient (Wildman–Crippen LogP) is 5.54. The molecule has 10 heteroatoms. The molecule has 0 aromatic carbocycles. The van der Waals surface area contributed by atoms with E-state index in [1.165, 1.54) is 57.8 Å². The van der Waals surface area contributed by atoms with Gasteiger partial charge in [0.05, 0.1) is 13.2 Å². The predicted molar refractivity (Wildman–Crippen MR) is 160 cm³/mol. The summed E-state index contributed by atoms with van der Waals surface area (Å²) in [6.45, 7) is 5.21. The van der Waals surface area contributed by atoms with Crippen molar-refractivity contribution in [2.24, 2.45) is 46.3 Å². The third kappa shape index (κ3) is 7.39. The van der Waals surface area contributed by atoms with Crippen molar-refractivity contribution < 1.29 is 29.0 Å². The topological polar surface area (TPSA) is 120 Å². The average Bonchev–Trinajstić information content (AvgIpc) is 3.26. The summed E-state index contributed by atoms with van der Waals surface area (Å²) < 4.78 is 4.58. The maximum atomic E-state index is 12.5. The number of aliphatic hydroxyl groups excluding tert-OH is 1. The molecule has 4 aliphatic rings. The molecule has 0 radical (unpaired) electrons. The van der Waals surface area contributed by atoms with Crippen LogP contribution in [0.2, 0.25) is 0 Å². The second-order valence-electron chi connectivity index (χ2n) is 13.8. The monoisotopic (exact) mass is 600 g/mol. The van der Waals surface area contributed by atoms with Crippen LogP contribution in [0.5, 0.6) is 0 Å². The Morgan fingerprint density at radius 3 is 2.65 bits per heavy atom. The molecule has 0 heterocycles. The van der Waals surface area contributed by atoms with E-state index < -0.39 is 12.8 Å². The summed E-state index contributed by atoms with van der Waals surface area (Å²) in [5.41, 5.74) is 7.59. The Morgan fingerprint density at radius 2 is 1.90 bits per heavy atom. The second kappa shape index (κ2) is 13.5. The highest BCUT2D eigenvalue weighted by atomic mass is 32.5. The zero-order chi connectivity index (χ0) is 29.1. The van der Waals surface area contributed by atoms with E-state index in [-0.39, 0.29) is 25.0 Å². The van der Waals surface area contributed by atoms with Crippen LogP contribution in [0.3, 0.4) is 0 Å². The van der Waals surface area contributed by atoms with Crippen molar-refractivity contribution in [1.29, 1.82) is 0 Å². The molecule has 5 N–H and O–H groups in total. The van der Waals surface area contributed by atoms with E-state index in [4.69, 9.17) is 14.6 Å². The van der Waals surface area contributed by atoms with Crippen molar-refractivity contribution in [3.63, 3.8) is 0 Å². The second-order valence-corrected chi connectivity index (χ2v) is 16.5. The van der Waals surface area contributed by atoms with Gasteiger partial charge in [-0.3, -0.25) is 15.1 Å². The van der Waals surface area contributed by atoms with Crippen LogP contribution in [0.25, 0.3) is 0 Å². The minimum Gasteiger partial charge on any atom is -0.388 e. The van der Waals surface area contributed by atoms with E-state index in [9.17, 15) is 9.90 Å². The molecular formula is C30H53N2O6PS. The Balaban J connectivity index is 1.18. The number of fused-ring (bicyclic) bond motifs is 5. The highest BCUT2D eigenvalue weighted by Gasteiger charge is 2.58. The van der Waals surface area contributed by atoms with Gasteiger partial charge in [-0.2, -0.15) is 0 Å². The molecule has 9 atom stereocenters. The normalized spacial score (nSPS) is 36.0. The van der Waals surface area contributed by atoms with Crippen molar-refractivity contribution in [3.05, 3.63) is 11.6 Å². The Kier molecular flexibility index (Phi) is 11.0. The molecule has 40 heavy (non-hydrogen) atoms. The van der Waals surface area contributed by atoms with Gasteiger partial charge >= 0.3 is 6.72 Å². The van der Waals surface area contributed by atoms with Crippen LogP contribution >= 0.6 is 6.72 Å². The maximum Gasteiger partial charge on any atom is 0.321 e. The number of carbonyl (C=O) groups excluding carboxylic acids is 1. The van der Waals surface area contributed by atoms with Crippen molar-refractivity contribution >= 4 is 24.4 Å². The van der Waals surface area contributed by atoms with Crippen LogP contribution in [0, 0.1) is 46.3 Å². The number of hydrazine groups is 1. The summed E-state index contributed by atoms with van der Waals surface area (Å²) in [7, 11) is 0. The zero-order valence-electron chi connectivity index (χ0n) is 24.9. The third-order valence-corrected chi connectivity index (χ3v) is 12.3. The van der Waals surface area contributed by atoms with Gasteiger partial charge in [0, 0.05) is 5.92 Å². The number of carbonyl (C=O) groups is 1. The number of hydrogen-bond donors (Lipinski definition) is 5. The SMILES string of the molecule is CC(CCC[C@@H](C)[C@H]1CCC2C3CC=C4CCCC[C@]4(C)C3CC[C@@]21C)C(=O)NNOCC(O)COP(O)(O)=S. The molecule has 0 bridgehead atoms. The fourth-order valence-electron chi connectivity index (χ4n) is 9.33. The van der Waals surface area contributed by atoms with Crippen LogP contribution in [0.15, 0.2) is 11.6 Å². The van der Waals surface area contributed by atoms with Gasteiger partial charge in [-0.15, -0.1) is 5.59 Å². The first-order chi connectivity index (χ1) is 18.8. The smallest absolute Gasteiger partial charge is 0.321 e. The van der Waals surface area contributed by atoms with Crippen LogP contribution in [-0.2, 0) is 26.0 Å². The van der Waals surface area contributed by atoms with Gasteiger partial charge in [-0.1, -0.05) is 58.6 Å². The van der Waals surface area contributed by atoms with Crippen LogP contribution in [-0.4, -0.2) is 40.1 Å². The number of rotatable bonds is 13. The van der Waals surface area contributed by atoms with E-state index in [1.807, 2.05) is 6.92 Å². The Morgan fingerprint density at radius 1 is 1.12 bits per heavy atom. The fraction of sp³-hybridized carbons (Fsp3) is 0.900. The minimum absolute atomic E-state index is 0.159. The van der Waals surface area contributed by atoms with Crippen LogP contribution < -0.4 is 11.0 Å². The Hall–Kier alpha value is -0.380. The third-order valence-electron chi connectivity index (χ3n) is 11.5. The number of amides is 1. The number of allylic oxidation sites excluding steroid dienone is 2. The molecule has 3 fully saturated rings. The molecular weight excluding hydrogens is 547 g/mol. The number of hydrogen-bond acceptors (Lipinski definition) is 6. The van der Waals surface area contributed by atoms with Gasteiger partial charge in [0.1, 0.15) is 6.10 Å². The van der Waals surface area contributed by atoms with E-state index in [0.717, 1.165) is 42.9 Å². The summed E-state index contributed by atoms with van der Waals surface area (Å²) in [5, 5.41) is 9.69. The van der Waals surface area contributed by atoms with Crippen molar-refractivity contribution in [3.8, 4) is 0 Å². The summed E-state index contributed by atoms with van der Waals surface area (Å²) in [6.07, 6.45) is 17.0. The van der Waals surface area contributed by atoms with Crippen molar-refractivity contribution in [2.45, 2.75) is 111 Å². The highest BCUT2D eigenvalue weighted by Crippen LogP contribution is 2.67. The first kappa shape index (κ1) is 32.5. The summed E-state index contributed by atoms with van der Waals surface area (Å²) in [5.74, 6) is 3.75. The summed E-state index contributed by atoms with van der Waals surface area (Å²) in [6, 6.07) is 0. The average molecular weight is 601 g/mol. The number of aliphatic hydroxyl groups is 1. The standard InChI is InChI=1S/C30H53N2O6PS/c1-20(8-7-9-21(2)28(34)31-32-37-18-23(33)19-38-39(35,36)40)25-13-14-26-24-12-11-22-10-5-6-16-29(22,3)27(24)15-17-30(25,26)4/h11,20-21,23-27,32-33H,5-10,12-19H2,1-4H3,(H,31,34)(H2,35,36,40)/t20-,21?,23?,24?,25-,26?,27?,29+,30-/m1/s1.